The topological polar surface area (TPSA) is 97.5 Å². The molecule has 2 heterocycles. The summed E-state index contributed by atoms with van der Waals surface area (Å²) in [5.41, 5.74) is 4.46. The number of aromatic nitrogens is 3. The molecule has 4 rings (SSSR count). The lowest BCUT2D eigenvalue weighted by Crippen LogP contribution is -2.35. The minimum absolute atomic E-state index is 0.132. The molecule has 2 atom stereocenters. The smallest absolute Gasteiger partial charge is 0.410 e. The number of rotatable bonds is 6. The number of carboxylic acids is 1. The fourth-order valence-corrected chi connectivity index (χ4v) is 5.37. The van der Waals surface area contributed by atoms with Gasteiger partial charge in [-0.05, 0) is 56.6 Å². The van der Waals surface area contributed by atoms with Crippen LogP contribution in [0.15, 0.2) is 18.3 Å². The average Bonchev–Trinajstić information content (AvgIpc) is 3.47. The number of pyridine rings is 1. The zero-order valence-corrected chi connectivity index (χ0v) is 19.8. The van der Waals surface area contributed by atoms with Gasteiger partial charge in [0, 0.05) is 31.4 Å². The molecule has 1 amide bonds. The minimum Gasteiger partial charge on any atom is -0.481 e. The van der Waals surface area contributed by atoms with Gasteiger partial charge in [0.25, 0.3) is 0 Å². The first kappa shape index (κ1) is 23.3. The summed E-state index contributed by atoms with van der Waals surface area (Å²) in [5.74, 6) is -0.748. The van der Waals surface area contributed by atoms with Crippen molar-refractivity contribution in [3.63, 3.8) is 0 Å². The molecule has 2 aromatic heterocycles. The van der Waals surface area contributed by atoms with E-state index in [0.29, 0.717) is 6.42 Å². The third kappa shape index (κ3) is 5.04. The van der Waals surface area contributed by atoms with Crippen LogP contribution in [-0.4, -0.2) is 49.9 Å². The molecule has 2 fully saturated rings. The summed E-state index contributed by atoms with van der Waals surface area (Å²) in [6.45, 7) is 2.11. The molecule has 2 aliphatic rings. The molecule has 0 aliphatic heterocycles. The van der Waals surface area contributed by atoms with Crippen molar-refractivity contribution in [3.8, 4) is 11.3 Å². The third-order valence-electron chi connectivity index (χ3n) is 7.42. The minimum atomic E-state index is -0.699. The Morgan fingerprint density at radius 2 is 1.94 bits per heavy atom. The molecule has 178 valence electrons. The van der Waals surface area contributed by atoms with E-state index in [-0.39, 0.29) is 30.6 Å². The second-order valence-electron chi connectivity index (χ2n) is 9.50. The molecule has 2 saturated carbocycles. The lowest BCUT2D eigenvalue weighted by atomic mass is 9.77. The standard InChI is InChI=1S/C25H34N4O4/c1-16-20(17-7-6-8-18(13-17)24(30)31)11-12-22(27-16)21-14-26-29(3)23(21)15-33-25(32)28(2)19-9-4-5-10-19/h11-12,14,17-19H,4-10,13,15H2,1-3H3,(H,30,31). The van der Waals surface area contributed by atoms with Gasteiger partial charge in [-0.15, -0.1) is 0 Å². The lowest BCUT2D eigenvalue weighted by molar-refractivity contribution is -0.143. The number of amides is 1. The van der Waals surface area contributed by atoms with Crippen LogP contribution in [0.25, 0.3) is 11.3 Å². The van der Waals surface area contributed by atoms with Gasteiger partial charge in [0.1, 0.15) is 6.61 Å². The van der Waals surface area contributed by atoms with Gasteiger partial charge in [0.2, 0.25) is 0 Å². The second-order valence-corrected chi connectivity index (χ2v) is 9.50. The number of carbonyl (C=O) groups is 2. The first-order chi connectivity index (χ1) is 15.8. The predicted molar refractivity (Wildman–Crippen MR) is 124 cm³/mol. The van der Waals surface area contributed by atoms with Crippen molar-refractivity contribution in [1.29, 1.82) is 0 Å². The van der Waals surface area contributed by atoms with Crippen LogP contribution in [0.4, 0.5) is 4.79 Å². The highest BCUT2D eigenvalue weighted by Gasteiger charge is 2.29. The van der Waals surface area contributed by atoms with E-state index in [9.17, 15) is 14.7 Å². The van der Waals surface area contributed by atoms with Gasteiger partial charge in [0.15, 0.2) is 0 Å². The summed E-state index contributed by atoms with van der Waals surface area (Å²) < 4.78 is 7.35. The molecule has 0 spiro atoms. The second kappa shape index (κ2) is 9.93. The van der Waals surface area contributed by atoms with E-state index in [0.717, 1.165) is 73.2 Å². The van der Waals surface area contributed by atoms with Crippen molar-refractivity contribution in [3.05, 3.63) is 35.3 Å². The Kier molecular flexibility index (Phi) is 7.00. The molecule has 0 saturated heterocycles. The quantitative estimate of drug-likeness (QED) is 0.682. The van der Waals surface area contributed by atoms with E-state index in [4.69, 9.17) is 9.72 Å². The Bertz CT molecular complexity index is 1010. The number of aryl methyl sites for hydroxylation is 2. The molecule has 8 heteroatoms. The van der Waals surface area contributed by atoms with E-state index >= 15 is 0 Å². The summed E-state index contributed by atoms with van der Waals surface area (Å²) in [7, 11) is 3.65. The Morgan fingerprint density at radius 3 is 2.64 bits per heavy atom. The molecule has 8 nitrogen and oxygen atoms in total. The molecule has 2 unspecified atom stereocenters. The largest absolute Gasteiger partial charge is 0.481 e. The Hall–Kier alpha value is -2.90. The number of aliphatic carboxylic acids is 1. The van der Waals surface area contributed by atoms with Gasteiger partial charge in [-0.2, -0.15) is 5.10 Å². The van der Waals surface area contributed by atoms with Crippen LogP contribution < -0.4 is 0 Å². The van der Waals surface area contributed by atoms with Crippen molar-refractivity contribution in [2.75, 3.05) is 7.05 Å². The summed E-state index contributed by atoms with van der Waals surface area (Å²) in [4.78, 5) is 30.6. The normalized spacial score (nSPS) is 21.2. The lowest BCUT2D eigenvalue weighted by Gasteiger charge is -2.27. The molecule has 0 bridgehead atoms. The molecule has 0 aromatic carbocycles. The van der Waals surface area contributed by atoms with Crippen LogP contribution in [-0.2, 0) is 23.2 Å². The zero-order chi connectivity index (χ0) is 23.5. The van der Waals surface area contributed by atoms with Gasteiger partial charge in [0.05, 0.1) is 23.5 Å². The Labute approximate surface area is 194 Å². The van der Waals surface area contributed by atoms with Crippen molar-refractivity contribution >= 4 is 12.1 Å². The molecule has 2 aliphatic carbocycles. The Balaban J connectivity index is 1.48. The van der Waals surface area contributed by atoms with Crippen LogP contribution in [0.2, 0.25) is 0 Å². The maximum absolute atomic E-state index is 12.5. The first-order valence-electron chi connectivity index (χ1n) is 12.0. The van der Waals surface area contributed by atoms with Crippen LogP contribution in [0, 0.1) is 12.8 Å². The number of carbonyl (C=O) groups excluding carboxylic acids is 1. The van der Waals surface area contributed by atoms with E-state index in [1.165, 1.54) is 0 Å². The SMILES string of the molecule is Cc1nc(-c2cnn(C)c2COC(=O)N(C)C2CCCC2)ccc1C1CCCC(C(=O)O)C1. The van der Waals surface area contributed by atoms with Crippen molar-refractivity contribution < 1.29 is 19.4 Å². The first-order valence-corrected chi connectivity index (χ1v) is 12.0. The molecule has 1 N–H and O–H groups in total. The van der Waals surface area contributed by atoms with Gasteiger partial charge in [-0.25, -0.2) is 4.79 Å². The van der Waals surface area contributed by atoms with Crippen LogP contribution in [0.1, 0.15) is 74.2 Å². The van der Waals surface area contributed by atoms with Gasteiger partial charge < -0.3 is 14.7 Å². The zero-order valence-electron chi connectivity index (χ0n) is 19.8. The molecule has 0 radical (unpaired) electrons. The molecular weight excluding hydrogens is 420 g/mol. The van der Waals surface area contributed by atoms with Gasteiger partial charge in [-0.1, -0.05) is 25.3 Å². The van der Waals surface area contributed by atoms with Crippen molar-refractivity contribution in [2.45, 2.75) is 76.9 Å². The number of carboxylic acid groups (broad SMARTS) is 1. The van der Waals surface area contributed by atoms with Crippen LogP contribution in [0.5, 0.6) is 0 Å². The highest BCUT2D eigenvalue weighted by atomic mass is 16.6. The number of hydrogen-bond acceptors (Lipinski definition) is 5. The summed E-state index contributed by atoms with van der Waals surface area (Å²) in [6, 6.07) is 4.31. The summed E-state index contributed by atoms with van der Waals surface area (Å²) >= 11 is 0. The van der Waals surface area contributed by atoms with Crippen LogP contribution in [0.3, 0.4) is 0 Å². The maximum atomic E-state index is 12.5. The maximum Gasteiger partial charge on any atom is 0.410 e. The summed E-state index contributed by atoms with van der Waals surface area (Å²) in [5, 5.41) is 13.8. The third-order valence-corrected chi connectivity index (χ3v) is 7.42. The molecule has 2 aromatic rings. The average molecular weight is 455 g/mol. The number of ether oxygens (including phenoxy) is 1. The number of nitrogens with zero attached hydrogens (tertiary/aromatic N) is 4. The van der Waals surface area contributed by atoms with Gasteiger partial charge in [-0.3, -0.25) is 14.5 Å². The predicted octanol–water partition coefficient (Wildman–Crippen LogP) is 4.66. The van der Waals surface area contributed by atoms with Crippen molar-refractivity contribution in [1.82, 2.24) is 19.7 Å². The van der Waals surface area contributed by atoms with E-state index in [1.54, 1.807) is 15.8 Å². The van der Waals surface area contributed by atoms with E-state index in [1.807, 2.05) is 27.1 Å². The van der Waals surface area contributed by atoms with Gasteiger partial charge >= 0.3 is 12.1 Å². The molecular formula is C25H34N4O4. The fraction of sp³-hybridized carbons (Fsp3) is 0.600. The monoisotopic (exact) mass is 454 g/mol. The number of hydrogen-bond donors (Lipinski definition) is 1. The van der Waals surface area contributed by atoms with Crippen LogP contribution >= 0.6 is 0 Å². The Morgan fingerprint density at radius 1 is 1.18 bits per heavy atom. The highest BCUT2D eigenvalue weighted by Crippen LogP contribution is 2.38. The van der Waals surface area contributed by atoms with E-state index < -0.39 is 5.97 Å². The summed E-state index contributed by atoms with van der Waals surface area (Å²) in [6.07, 6.45) is 9.18. The molecule has 33 heavy (non-hydrogen) atoms. The highest BCUT2D eigenvalue weighted by molar-refractivity contribution is 5.70. The van der Waals surface area contributed by atoms with Crippen molar-refractivity contribution in [2.24, 2.45) is 13.0 Å². The fourth-order valence-electron chi connectivity index (χ4n) is 5.37. The van der Waals surface area contributed by atoms with E-state index in [2.05, 4.69) is 11.2 Å².